The predicted octanol–water partition coefficient (Wildman–Crippen LogP) is 4.63. The number of aromatic nitrogens is 2. The molecule has 1 aromatic carbocycles. The van der Waals surface area contributed by atoms with Crippen molar-refractivity contribution >= 4 is 32.9 Å². The highest BCUT2D eigenvalue weighted by Crippen LogP contribution is 2.34. The van der Waals surface area contributed by atoms with Gasteiger partial charge in [-0.2, -0.15) is 0 Å². The first-order valence-corrected chi connectivity index (χ1v) is 12.1. The molecule has 9 heteroatoms. The number of benzene rings is 1. The van der Waals surface area contributed by atoms with Gasteiger partial charge in [0.05, 0.1) is 18.7 Å². The van der Waals surface area contributed by atoms with Gasteiger partial charge >= 0.3 is 5.97 Å². The van der Waals surface area contributed by atoms with Gasteiger partial charge in [0.15, 0.2) is 11.3 Å². The maximum Gasteiger partial charge on any atom is 0.347 e. The van der Waals surface area contributed by atoms with Crippen LogP contribution in [0.1, 0.15) is 54.6 Å². The average Bonchev–Trinajstić information content (AvgIpc) is 2.82. The Balaban J connectivity index is 2.26. The Morgan fingerprint density at radius 3 is 2.59 bits per heavy atom. The van der Waals surface area contributed by atoms with Gasteiger partial charge in [0.2, 0.25) is 0 Å². The molecule has 0 atom stereocenters. The van der Waals surface area contributed by atoms with Gasteiger partial charge in [-0.1, -0.05) is 25.5 Å². The van der Waals surface area contributed by atoms with Crippen LogP contribution in [0.3, 0.4) is 0 Å². The van der Waals surface area contributed by atoms with E-state index in [4.69, 9.17) is 9.47 Å². The van der Waals surface area contributed by atoms with Crippen LogP contribution in [-0.4, -0.2) is 40.4 Å². The molecule has 0 saturated heterocycles. The molecule has 1 N–H and O–H groups in total. The molecule has 0 saturated carbocycles. The zero-order valence-electron chi connectivity index (χ0n) is 19.3. The molecular formula is C25H28BrFN2O5. The quantitative estimate of drug-likeness (QED) is 0.285. The van der Waals surface area contributed by atoms with Gasteiger partial charge in [0.25, 0.3) is 5.56 Å². The lowest BCUT2D eigenvalue weighted by atomic mass is 10.1. The Hall–Kier alpha value is -2.78. The smallest absolute Gasteiger partial charge is 0.347 e. The Morgan fingerprint density at radius 1 is 1.21 bits per heavy atom. The first-order chi connectivity index (χ1) is 16.4. The van der Waals surface area contributed by atoms with Crippen LogP contribution in [0.5, 0.6) is 5.75 Å². The summed E-state index contributed by atoms with van der Waals surface area (Å²) in [5, 5.41) is 9.40. The van der Waals surface area contributed by atoms with E-state index >= 15 is 0 Å². The number of halogens is 2. The Morgan fingerprint density at radius 2 is 1.94 bits per heavy atom. The van der Waals surface area contributed by atoms with Gasteiger partial charge in [0, 0.05) is 30.2 Å². The fourth-order valence-corrected chi connectivity index (χ4v) is 4.26. The van der Waals surface area contributed by atoms with Crippen molar-refractivity contribution in [3.05, 3.63) is 67.8 Å². The van der Waals surface area contributed by atoms with Crippen LogP contribution in [0, 0.1) is 5.82 Å². The number of rotatable bonds is 11. The molecule has 2 aromatic heterocycles. The number of hydrogen-bond donors (Lipinski definition) is 1. The highest BCUT2D eigenvalue weighted by Gasteiger charge is 2.27. The van der Waals surface area contributed by atoms with Crippen molar-refractivity contribution in [3.63, 3.8) is 0 Å². The second-order valence-corrected chi connectivity index (χ2v) is 8.55. The number of nitrogens with zero attached hydrogens (tertiary/aromatic N) is 2. The zero-order chi connectivity index (χ0) is 24.7. The van der Waals surface area contributed by atoms with Crippen molar-refractivity contribution in [3.8, 4) is 5.75 Å². The number of hydrogen-bond acceptors (Lipinski definition) is 6. The van der Waals surface area contributed by atoms with Gasteiger partial charge in [-0.05, 0) is 59.0 Å². The average molecular weight is 535 g/mol. The highest BCUT2D eigenvalue weighted by molar-refractivity contribution is 9.10. The van der Waals surface area contributed by atoms with E-state index in [2.05, 4.69) is 20.9 Å². The molecule has 2 heterocycles. The molecule has 34 heavy (non-hydrogen) atoms. The van der Waals surface area contributed by atoms with Gasteiger partial charge in [-0.3, -0.25) is 9.78 Å². The summed E-state index contributed by atoms with van der Waals surface area (Å²) >= 11 is 3.63. The first-order valence-electron chi connectivity index (χ1n) is 11.3. The summed E-state index contributed by atoms with van der Waals surface area (Å²) in [6, 6.07) is 6.16. The van der Waals surface area contributed by atoms with Crippen LogP contribution < -0.4 is 10.3 Å². The van der Waals surface area contributed by atoms with Crippen LogP contribution in [0.15, 0.2) is 39.7 Å². The topological polar surface area (TPSA) is 90.7 Å². The number of aliphatic hydroxyl groups excluding tert-OH is 1. The molecule has 3 rings (SSSR count). The number of pyridine rings is 2. The fourth-order valence-electron chi connectivity index (χ4n) is 3.61. The standard InChI is InChI=1S/C25H28BrFN2O5/c1-3-5-13-34-23-19(25(32)33-4-2)24(31)29(11-6-12-30)22-20(26)17(15-28-21(22)23)14-16-7-9-18(27)10-8-16/h7-10,15,30H,3-6,11-14H2,1-2H3. The van der Waals surface area contributed by atoms with E-state index in [0.717, 1.165) is 24.0 Å². The van der Waals surface area contributed by atoms with E-state index in [1.165, 1.54) is 16.7 Å². The Labute approximate surface area is 205 Å². The molecule has 0 unspecified atom stereocenters. The van der Waals surface area contributed by atoms with E-state index in [-0.39, 0.29) is 36.9 Å². The van der Waals surface area contributed by atoms with Crippen LogP contribution in [-0.2, 0) is 17.7 Å². The first kappa shape index (κ1) is 25.8. The number of aryl methyl sites for hydroxylation is 1. The van der Waals surface area contributed by atoms with E-state index < -0.39 is 11.5 Å². The summed E-state index contributed by atoms with van der Waals surface area (Å²) in [6.07, 6.45) is 4.02. The van der Waals surface area contributed by atoms with E-state index in [9.17, 15) is 19.1 Å². The van der Waals surface area contributed by atoms with E-state index in [1.54, 1.807) is 25.3 Å². The minimum absolute atomic E-state index is 0.0983. The lowest BCUT2D eigenvalue weighted by Crippen LogP contribution is -2.30. The minimum atomic E-state index is -0.771. The Bertz CT molecular complexity index is 1210. The molecule has 0 fully saturated rings. The summed E-state index contributed by atoms with van der Waals surface area (Å²) in [6.45, 7) is 4.14. The number of carbonyl (C=O) groups excluding carboxylic acids is 1. The molecule has 7 nitrogen and oxygen atoms in total. The summed E-state index contributed by atoms with van der Waals surface area (Å²) in [5.41, 5.74) is 1.71. The molecule has 0 aliphatic heterocycles. The SMILES string of the molecule is CCCCOc1c(C(=O)OCC)c(=O)n(CCCO)c2c(Br)c(Cc3ccc(F)cc3)cnc12. The zero-order valence-corrected chi connectivity index (χ0v) is 20.9. The molecule has 0 spiro atoms. The molecule has 0 bridgehead atoms. The minimum Gasteiger partial charge on any atom is -0.490 e. The lowest BCUT2D eigenvalue weighted by molar-refractivity contribution is 0.0519. The number of aliphatic hydroxyl groups is 1. The van der Waals surface area contributed by atoms with Crippen LogP contribution >= 0.6 is 15.9 Å². The maximum atomic E-state index is 13.5. The maximum absolute atomic E-state index is 13.5. The van der Waals surface area contributed by atoms with Gasteiger partial charge in [-0.15, -0.1) is 0 Å². The van der Waals surface area contributed by atoms with Crippen molar-refractivity contribution < 1.29 is 23.8 Å². The number of carbonyl (C=O) groups is 1. The number of ether oxygens (including phenoxy) is 2. The van der Waals surface area contributed by atoms with Gasteiger partial charge in [-0.25, -0.2) is 9.18 Å². The molecule has 3 aromatic rings. The summed E-state index contributed by atoms with van der Waals surface area (Å²) in [4.78, 5) is 30.9. The van der Waals surface area contributed by atoms with Crippen molar-refractivity contribution in [2.45, 2.75) is 46.1 Å². The molecule has 0 amide bonds. The number of unbranched alkanes of at least 4 members (excludes halogenated alkanes) is 1. The normalized spacial score (nSPS) is 11.1. The van der Waals surface area contributed by atoms with Crippen LogP contribution in [0.4, 0.5) is 4.39 Å². The van der Waals surface area contributed by atoms with Crippen molar-refractivity contribution in [1.29, 1.82) is 0 Å². The number of fused-ring (bicyclic) bond motifs is 1. The van der Waals surface area contributed by atoms with Gasteiger partial charge < -0.3 is 19.1 Å². The molecule has 0 aliphatic carbocycles. The second kappa shape index (κ2) is 12.1. The lowest BCUT2D eigenvalue weighted by Gasteiger charge is -2.19. The van der Waals surface area contributed by atoms with E-state index in [1.807, 2.05) is 6.92 Å². The fraction of sp³-hybridized carbons (Fsp3) is 0.400. The molecular weight excluding hydrogens is 507 g/mol. The molecule has 0 aliphatic rings. The highest BCUT2D eigenvalue weighted by atomic mass is 79.9. The second-order valence-electron chi connectivity index (χ2n) is 7.76. The third kappa shape index (κ3) is 5.64. The Kier molecular flexibility index (Phi) is 9.18. The predicted molar refractivity (Wildman–Crippen MR) is 131 cm³/mol. The largest absolute Gasteiger partial charge is 0.490 e. The summed E-state index contributed by atoms with van der Waals surface area (Å²) in [7, 11) is 0. The van der Waals surface area contributed by atoms with Gasteiger partial charge in [0.1, 0.15) is 11.3 Å². The monoisotopic (exact) mass is 534 g/mol. The van der Waals surface area contributed by atoms with Crippen molar-refractivity contribution in [2.75, 3.05) is 19.8 Å². The van der Waals surface area contributed by atoms with Crippen molar-refractivity contribution in [2.24, 2.45) is 0 Å². The molecule has 0 radical (unpaired) electrons. The van der Waals surface area contributed by atoms with Crippen molar-refractivity contribution in [1.82, 2.24) is 9.55 Å². The number of esters is 1. The molecule has 182 valence electrons. The summed E-state index contributed by atoms with van der Waals surface area (Å²) < 4.78 is 26.5. The van der Waals surface area contributed by atoms with Crippen LogP contribution in [0.2, 0.25) is 0 Å². The summed E-state index contributed by atoms with van der Waals surface area (Å²) in [5.74, 6) is -0.995. The third-order valence-electron chi connectivity index (χ3n) is 5.31. The van der Waals surface area contributed by atoms with Crippen LogP contribution in [0.25, 0.3) is 11.0 Å². The third-order valence-corrected chi connectivity index (χ3v) is 6.19. The van der Waals surface area contributed by atoms with E-state index in [0.29, 0.717) is 35.0 Å².